The average Bonchev–Trinajstić information content (AvgIpc) is 1.57. The quantitative estimate of drug-likeness (QED) is 0.00665. The maximum absolute atomic E-state index is 15.3. The van der Waals surface area contributed by atoms with Crippen LogP contribution < -0.4 is 58.1 Å². The summed E-state index contributed by atoms with van der Waals surface area (Å²) in [5, 5.41) is 93.0. The number of urea groups is 1. The number of rotatable bonds is 44. The van der Waals surface area contributed by atoms with Crippen molar-refractivity contribution in [3.8, 4) is 5.75 Å². The number of piperidine rings is 1. The molecule has 4 aromatic carbocycles. The van der Waals surface area contributed by atoms with E-state index in [1.807, 2.05) is 49.1 Å². The number of para-hydroxylation sites is 1. The van der Waals surface area contributed by atoms with Crippen LogP contribution in [0.5, 0.6) is 5.75 Å². The van der Waals surface area contributed by atoms with Crippen molar-refractivity contribution in [3.63, 3.8) is 0 Å². The minimum absolute atomic E-state index is 0.0346. The molecule has 1 aliphatic carbocycles. The molecule has 17 atom stereocenters. The van der Waals surface area contributed by atoms with Gasteiger partial charge in [0.15, 0.2) is 23.4 Å². The smallest absolute Gasteiger partial charge is 0.426 e. The zero-order valence-corrected chi connectivity index (χ0v) is 75.0. The van der Waals surface area contributed by atoms with Crippen LogP contribution in [0.1, 0.15) is 138 Å². The van der Waals surface area contributed by atoms with Gasteiger partial charge in [-0.15, -0.1) is 0 Å². The first-order valence-electron chi connectivity index (χ1n) is 43.3. The van der Waals surface area contributed by atoms with Crippen LogP contribution in [0.4, 0.5) is 15.3 Å². The van der Waals surface area contributed by atoms with Crippen LogP contribution >= 0.6 is 21.6 Å². The second kappa shape index (κ2) is 45.3. The average molecular weight is 1860 g/mol. The van der Waals surface area contributed by atoms with E-state index in [1.165, 1.54) is 5.56 Å². The van der Waals surface area contributed by atoms with E-state index >= 15 is 4.79 Å². The van der Waals surface area contributed by atoms with Crippen molar-refractivity contribution in [2.75, 3.05) is 83.0 Å². The normalized spacial score (nSPS) is 24.1. The number of H-pyrrole nitrogens is 1. The summed E-state index contributed by atoms with van der Waals surface area (Å²) in [4.78, 5) is 209. The third kappa shape index (κ3) is 23.9. The minimum atomic E-state index is -2.61. The number of nitrogens with one attached hydrogen (secondary N) is 9. The van der Waals surface area contributed by atoms with Crippen LogP contribution in [0.15, 0.2) is 109 Å². The Morgan fingerprint density at radius 2 is 1.39 bits per heavy atom. The van der Waals surface area contributed by atoms with Crippen LogP contribution in [0.2, 0.25) is 0 Å². The number of amides is 8. The van der Waals surface area contributed by atoms with E-state index in [-0.39, 0.29) is 68.9 Å². The number of ketones is 2. The summed E-state index contributed by atoms with van der Waals surface area (Å²) >= 11 is 0. The number of likely N-dealkylation sites (N-methyl/N-ethyl adjacent to an activating group) is 1. The van der Waals surface area contributed by atoms with Gasteiger partial charge in [-0.1, -0.05) is 126 Å². The zero-order valence-electron chi connectivity index (χ0n) is 73.3. The number of aliphatic hydroxyl groups excluding tert-OH is 1. The molecular formula is C90H115N13O26S2. The van der Waals surface area contributed by atoms with Gasteiger partial charge in [0, 0.05) is 152 Å². The summed E-state index contributed by atoms with van der Waals surface area (Å²) in [6, 6.07) is 20.6. The second-order valence-corrected chi connectivity index (χ2v) is 37.0. The van der Waals surface area contributed by atoms with Gasteiger partial charge >= 0.3 is 42.2 Å². The SMILES string of the molecule is CC[C@]1(O)C[C@H]2CN(CCc3c([nH]c4ccccc34)[C@@](C)(c3cc4c(cc3OC)N(C)C3[C@]45CCN4CC=C[C@@](CC)([C@@H](O)[C@]3(O)C(=O)NNC(=O)OCCSSC[C@H](CC(=O)[C@H](CC(=O)O)NC(=O)[C@@H](N)CNC(=O)[C@@H](CC(=O)[C@H](Cc3ccccc3)NC(=O)CCNC(=O)CC[C@H](NC(=O)N[C@@H](CCC(=O)O)OC=O)C(=O)O)Cc3ccccc3)C(=O)O)[C@H]45)C2)C1.O=C=O. The molecule has 0 radical (unpaired) electrons. The van der Waals surface area contributed by atoms with Crippen LogP contribution in [-0.4, -0.2) is 278 Å². The number of nitrogens with zero attached hydrogens (tertiary/aromatic N) is 3. The second-order valence-electron chi connectivity index (χ2n) is 34.3. The van der Waals surface area contributed by atoms with E-state index in [1.54, 1.807) is 74.8 Å². The molecule has 6 heterocycles. The molecule has 8 amide bonds. The lowest BCUT2D eigenvalue weighted by Crippen LogP contribution is -2.82. The molecule has 2 bridgehead atoms. The Morgan fingerprint density at radius 3 is 2.05 bits per heavy atom. The van der Waals surface area contributed by atoms with Gasteiger partial charge in [0.25, 0.3) is 12.4 Å². The van der Waals surface area contributed by atoms with Gasteiger partial charge in [-0.25, -0.2) is 19.8 Å². The van der Waals surface area contributed by atoms with E-state index in [2.05, 4.69) is 87.4 Å². The van der Waals surface area contributed by atoms with Gasteiger partial charge in [0.1, 0.15) is 30.5 Å². The molecule has 708 valence electrons. The van der Waals surface area contributed by atoms with Crippen molar-refractivity contribution < 1.29 is 127 Å². The van der Waals surface area contributed by atoms with E-state index in [4.69, 9.17) is 29.9 Å². The molecule has 6 aliphatic rings. The lowest BCUT2D eigenvalue weighted by atomic mass is 9.47. The van der Waals surface area contributed by atoms with E-state index < -0.39 is 210 Å². The molecule has 5 aliphatic heterocycles. The summed E-state index contributed by atoms with van der Waals surface area (Å²) in [6.07, 6.45) is -1.18. The lowest BCUT2D eigenvalue weighted by molar-refractivity contribution is -0.204. The number of aliphatic carboxylic acids is 4. The Labute approximate surface area is 762 Å². The number of Topliss-reactive ketones (excluding diaryl/α,β-unsaturated/α-hetero) is 2. The van der Waals surface area contributed by atoms with Crippen molar-refractivity contribution in [1.82, 2.24) is 57.5 Å². The fraction of sp³-hybridized carbons (Fsp3) is 0.522. The largest absolute Gasteiger partial charge is 0.496 e. The number of methoxy groups -OCH3 is 1. The fourth-order valence-corrected chi connectivity index (χ4v) is 22.1. The molecule has 39 nitrogen and oxygen atoms in total. The number of ether oxygens (including phenoxy) is 3. The number of carboxylic acids is 4. The Bertz CT molecular complexity index is 5070. The van der Waals surface area contributed by atoms with Gasteiger partial charge in [-0.3, -0.25) is 68.0 Å². The number of aromatic nitrogens is 1. The molecule has 1 aromatic heterocycles. The van der Waals surface area contributed by atoms with Gasteiger partial charge in [-0.05, 0) is 112 Å². The molecule has 1 spiro atoms. The molecule has 41 heteroatoms. The first kappa shape index (κ1) is 101. The number of anilines is 1. The fourth-order valence-electron chi connectivity index (χ4n) is 19.9. The predicted molar refractivity (Wildman–Crippen MR) is 474 cm³/mol. The van der Waals surface area contributed by atoms with Crippen LogP contribution in [0.25, 0.3) is 10.9 Å². The standard InChI is InChI=1S/C89H115N13O24S2.CO2/c1-6-86(122)45-53-44-85(3,74-57(28-33-101(47-53)49-86)56-21-14-15-22-61(56)94-74)59-41-58-65(43-68(59)124-5)100(4)80-88(58)30-34-102-32-16-29-87(7-2,79(88)102)81(118)89(80,123)82(119)98-99-84(121)125-35-36-127-128-48-55(77(114)115)40-67(105)64(42-73(110)111)95-76(113)60(90)46-92-75(112)54(37-51-17-10-8-11-18-51)39-66(104)63(38-52-19-12-9-13-20-52)93-70(107)27-31-91-69(106)24-23-62(78(116)117)96-83(120)97-71(126-50-103)25-26-72(108)109;2-1-3/h8-22,29,41,43,50,53-55,60,62-64,71,79-81,94,118,122-123H,6-7,23-28,30-40,42,44-49,90H2,1-5H3,(H,91,106)(H,92,112)(H,93,107)(H,95,113)(H,98,119)(H,99,121)(H,108,109)(H,110,111)(H,114,115)(H,116,117)(H2,96,97,120);/t53-,54+,55-,60-,62-,63-,64-,71+,79-,80?,81+,85+,86-,87+,88+,89-;/m0./s1. The molecule has 2 unspecified atom stereocenters. The maximum atomic E-state index is 15.3. The molecule has 2 saturated heterocycles. The Morgan fingerprint density at radius 1 is 0.710 bits per heavy atom. The lowest BCUT2D eigenvalue weighted by Gasteiger charge is -2.63. The number of carbonyl (C=O) groups excluding carboxylic acids is 12. The number of aliphatic hydroxyl groups is 3. The number of hydrazine groups is 1. The van der Waals surface area contributed by atoms with Crippen LogP contribution in [0.3, 0.4) is 0 Å². The van der Waals surface area contributed by atoms with Crippen molar-refractivity contribution in [1.29, 1.82) is 0 Å². The first-order valence-corrected chi connectivity index (χ1v) is 45.8. The molecule has 3 fully saturated rings. The zero-order chi connectivity index (χ0) is 95.3. The van der Waals surface area contributed by atoms with Crippen molar-refractivity contribution in [3.05, 3.63) is 143 Å². The van der Waals surface area contributed by atoms with Gasteiger partial charge in [0.2, 0.25) is 23.6 Å². The molecule has 5 aromatic rings. The summed E-state index contributed by atoms with van der Waals surface area (Å²) in [7, 11) is 5.47. The van der Waals surface area contributed by atoms with E-state index in [9.17, 15) is 93.0 Å². The molecule has 18 N–H and O–H groups in total. The first-order chi connectivity index (χ1) is 62.5. The van der Waals surface area contributed by atoms with Gasteiger partial charge < -0.3 is 97.5 Å². The van der Waals surface area contributed by atoms with Crippen LogP contribution in [-0.2, 0) is 107 Å². The molecular weight excluding hydrogens is 1740 g/mol. The number of aromatic amines is 1. The maximum Gasteiger partial charge on any atom is 0.426 e. The third-order valence-corrected chi connectivity index (χ3v) is 28.4. The Kier molecular flexibility index (Phi) is 35.1. The third-order valence-electron chi connectivity index (χ3n) is 26.0. The van der Waals surface area contributed by atoms with Crippen LogP contribution in [0, 0.1) is 23.2 Å². The monoisotopic (exact) mass is 1860 g/mol. The highest BCUT2D eigenvalue weighted by molar-refractivity contribution is 8.76. The van der Waals surface area contributed by atoms with Crippen molar-refractivity contribution in [2.45, 2.75) is 194 Å². The topological polar surface area (TPSA) is 590 Å². The number of hydrogen-bond donors (Lipinski definition) is 17. The summed E-state index contributed by atoms with van der Waals surface area (Å²) < 4.78 is 16.5. The minimum Gasteiger partial charge on any atom is -0.496 e. The summed E-state index contributed by atoms with van der Waals surface area (Å²) in [6.45, 7) is 8.24. The highest BCUT2D eigenvalue weighted by Crippen LogP contribution is 2.68. The van der Waals surface area contributed by atoms with E-state index in [0.29, 0.717) is 74.3 Å². The summed E-state index contributed by atoms with van der Waals surface area (Å²) in [5.41, 5.74) is 11.4. The Hall–Kier alpha value is -11.8. The van der Waals surface area contributed by atoms with E-state index in [0.717, 1.165) is 68.8 Å². The highest BCUT2D eigenvalue weighted by atomic mass is 33.1. The number of fused-ring (bicyclic) bond motifs is 6. The number of carbonyl (C=O) groups is 14. The van der Waals surface area contributed by atoms with Crippen molar-refractivity contribution in [2.24, 2.45) is 28.9 Å². The number of carboxylic acid groups (broad SMARTS) is 4. The van der Waals surface area contributed by atoms with Gasteiger partial charge in [-0.2, -0.15) is 9.59 Å². The molecule has 11 rings (SSSR count). The predicted octanol–water partition coefficient (Wildman–Crippen LogP) is 2.66. The number of hydrogen-bond acceptors (Lipinski definition) is 28. The van der Waals surface area contributed by atoms with Crippen molar-refractivity contribution >= 4 is 128 Å². The summed E-state index contributed by atoms with van der Waals surface area (Å²) in [5.74, 6) is -13.9. The number of benzene rings is 4. The highest BCUT2D eigenvalue weighted by Gasteiger charge is 2.79. The van der Waals surface area contributed by atoms with Gasteiger partial charge in [0.05, 0.1) is 49.6 Å². The number of nitrogens with two attached hydrogens (primary N) is 1. The Balaban J connectivity index is 0.00000586. The molecule has 1 saturated carbocycles. The molecule has 131 heavy (non-hydrogen) atoms.